The van der Waals surface area contributed by atoms with Gasteiger partial charge < -0.3 is 0 Å². The number of halogens is 1. The summed E-state index contributed by atoms with van der Waals surface area (Å²) in [6.45, 7) is 26.1. The number of nitrogen functional groups attached to an aromatic ring is 2. The van der Waals surface area contributed by atoms with E-state index >= 15 is 0 Å². The van der Waals surface area contributed by atoms with Crippen LogP contribution in [-0.2, 0) is 122 Å². The van der Waals surface area contributed by atoms with Gasteiger partial charge in [-0.05, 0) is 0 Å². The van der Waals surface area contributed by atoms with Gasteiger partial charge in [0, 0.05) is 65.4 Å². The van der Waals surface area contributed by atoms with Gasteiger partial charge in [-0.1, -0.05) is 0 Å². The predicted octanol–water partition coefficient (Wildman–Crippen LogP) is 7.92. The molecule has 0 spiro atoms. The summed E-state index contributed by atoms with van der Waals surface area (Å²) >= 11 is 3.01. The van der Waals surface area contributed by atoms with E-state index < -0.39 is 17.2 Å². The molecule has 6 heterocycles. The van der Waals surface area contributed by atoms with E-state index in [1.54, 1.807) is 16.8 Å². The van der Waals surface area contributed by atoms with Crippen molar-refractivity contribution in [2.45, 2.75) is 105 Å². The molecule has 53 heavy (non-hydrogen) atoms. The third kappa shape index (κ3) is 9.01. The Labute approximate surface area is 386 Å². The number of hydrogen-bond donors (Lipinski definition) is 2. The first-order valence-corrected chi connectivity index (χ1v) is 29.7. The number of rotatable bonds is 8. The summed E-state index contributed by atoms with van der Waals surface area (Å²) in [6, 6.07) is 3.58. The molecule has 2 fully saturated rings. The number of nitrogens with zero attached hydrogens (tertiary/aromatic N) is 5. The van der Waals surface area contributed by atoms with Crippen molar-refractivity contribution in [2.75, 3.05) is 24.8 Å². The summed E-state index contributed by atoms with van der Waals surface area (Å²) in [4.78, 5) is 12.9. The van der Waals surface area contributed by atoms with Gasteiger partial charge in [-0.3, -0.25) is 0 Å². The molecule has 4 unspecified atom stereocenters. The molecule has 288 valence electrons. The minimum Gasteiger partial charge on any atom is 0 e. The van der Waals surface area contributed by atoms with Gasteiger partial charge in [0.2, 0.25) is 0 Å². The number of anilines is 2. The topological polar surface area (TPSA) is 137 Å². The van der Waals surface area contributed by atoms with Crippen molar-refractivity contribution in [3.63, 3.8) is 0 Å². The van der Waals surface area contributed by atoms with Gasteiger partial charge in [0.15, 0.2) is 0 Å². The molecular weight excluding hydrogens is 1210 g/mol. The van der Waals surface area contributed by atoms with Crippen molar-refractivity contribution < 1.29 is 126 Å². The van der Waals surface area contributed by atoms with Crippen LogP contribution in [0.1, 0.15) is 81.7 Å². The summed E-state index contributed by atoms with van der Waals surface area (Å²) in [6.07, 6.45) is 6.10. The molecule has 4 aromatic rings. The second kappa shape index (κ2) is 18.2. The van der Waals surface area contributed by atoms with Crippen molar-refractivity contribution >= 4 is 45.1 Å². The Hall–Kier alpha value is 1.12. The zero-order valence-corrected chi connectivity index (χ0v) is 46.3. The van der Waals surface area contributed by atoms with Crippen molar-refractivity contribution in [2.24, 2.45) is 22.7 Å². The number of ether oxygens (including phenoxy) is 2. The van der Waals surface area contributed by atoms with Gasteiger partial charge in [-0.2, -0.15) is 0 Å². The van der Waals surface area contributed by atoms with Crippen LogP contribution in [-0.4, -0.2) is 60.8 Å². The molecule has 0 bridgehead atoms. The Balaban J connectivity index is 0.000000275. The first kappa shape index (κ1) is 48.5. The molecule has 2 radical (unpaired) electrons. The zero-order valence-electron chi connectivity index (χ0n) is 32.8. The van der Waals surface area contributed by atoms with Crippen LogP contribution in [0.4, 0.5) is 15.9 Å². The van der Waals surface area contributed by atoms with Crippen molar-refractivity contribution in [1.29, 1.82) is 0 Å². The van der Waals surface area contributed by atoms with Crippen molar-refractivity contribution in [1.82, 2.24) is 24.1 Å². The number of aromatic nitrogens is 5. The van der Waals surface area contributed by atoms with Gasteiger partial charge in [-0.25, -0.2) is 0 Å². The molecule has 4 aromatic heterocycles. The minimum atomic E-state index is -0.778. The largest absolute Gasteiger partial charge is 0 e. The zero-order chi connectivity index (χ0) is 38.0. The molecule has 0 aliphatic carbocycles. The summed E-state index contributed by atoms with van der Waals surface area (Å²) in [5.74, 6) is -0.851. The molecule has 2 saturated heterocycles. The minimum absolute atomic E-state index is 0. The Kier molecular flexibility index (Phi) is 16.6. The van der Waals surface area contributed by atoms with Crippen molar-refractivity contribution in [3.05, 3.63) is 42.9 Å². The summed E-state index contributed by atoms with van der Waals surface area (Å²) in [7, 11) is 0. The molecule has 11 nitrogen and oxygen atoms in total. The molecule has 6 rings (SSSR count). The standard InChI is InChI=1S/C18H27FN3O2P.C17H27N4O2P.2W.2Y/c1-10-17(3,4)16(23-18(10,5)11(2)24-25-6)22-9-12(19)14-13(20)7-8-21-15(14)22;1-10-16(3,4)15(22-17(10,5)11(2)23-24-6)21-8-7-12-13(18)19-9-20-14(12)21;;;;/h7-11,16,25H,1-6H3,(H2,20,21);7-11,15,24H,1-6H3,(H2,18,19,20);;;;/t10-,11?,16+,18-;10-,11?,15+,17-;;;;/m00..../s1. The maximum absolute atomic E-state index is 14.6. The van der Waals surface area contributed by atoms with Crippen LogP contribution in [0, 0.1) is 28.5 Å². The smallest absolute Gasteiger partial charge is 0 e. The van der Waals surface area contributed by atoms with E-state index in [4.69, 9.17) is 30.0 Å². The Bertz CT molecular complexity index is 1990. The van der Waals surface area contributed by atoms with E-state index in [-0.39, 0.29) is 118 Å². The number of nitrogens with two attached hydrogens (primary N) is 2. The van der Waals surface area contributed by atoms with E-state index in [0.717, 1.165) is 11.0 Å². The second-order valence-electron chi connectivity index (χ2n) is 15.6. The van der Waals surface area contributed by atoms with Crippen LogP contribution in [0.15, 0.2) is 37.1 Å². The molecule has 4 N–H and O–H groups in total. The third-order valence-electron chi connectivity index (χ3n) is 12.0. The fraction of sp³-hybridized carbons (Fsp3) is 0.629. The molecule has 0 aromatic carbocycles. The van der Waals surface area contributed by atoms with E-state index in [2.05, 4.69) is 102 Å². The SMILES string of the molecule is CC(O[PH](C)=[W])[C@@]1(C)O[C@@H](n2cc(F)c3c(N)ccnc32)C(C)(C)[C@@H]1C.CC(O[PH](C)=[W])[C@@]1(C)O[C@@H](n2ccc3c(N)ncnc32)C(C)(C)[C@@H]1C.[Y].[Y]. The monoisotopic (exact) mass is 1260 g/mol. The normalized spacial score (nSPS) is 29.8. The summed E-state index contributed by atoms with van der Waals surface area (Å²) in [5.41, 5.74) is 12.5. The molecule has 2 aliphatic rings. The Morgan fingerprint density at radius 3 is 1.79 bits per heavy atom. The number of fused-ring (bicyclic) bond motifs is 2. The second-order valence-corrected chi connectivity index (χ2v) is 30.4. The van der Waals surface area contributed by atoms with E-state index in [1.807, 2.05) is 12.3 Å². The number of pyridine rings is 1. The fourth-order valence-electron chi connectivity index (χ4n) is 7.86. The van der Waals surface area contributed by atoms with E-state index in [1.165, 1.54) is 50.1 Å². The molecular formula is C35H54FN7O4P2W2Y2. The Morgan fingerprint density at radius 1 is 0.811 bits per heavy atom. The van der Waals surface area contributed by atoms with Gasteiger partial charge in [-0.15, -0.1) is 0 Å². The van der Waals surface area contributed by atoms with E-state index in [9.17, 15) is 4.39 Å². The Morgan fingerprint density at radius 2 is 1.30 bits per heavy atom. The fourth-order valence-corrected chi connectivity index (χ4v) is 12.4. The van der Waals surface area contributed by atoms with Gasteiger partial charge >= 0.3 is 325 Å². The molecule has 10 atom stereocenters. The predicted molar refractivity (Wildman–Crippen MR) is 199 cm³/mol. The average molecular weight is 1260 g/mol. The molecule has 0 saturated carbocycles. The van der Waals surface area contributed by atoms with Crippen molar-refractivity contribution in [3.8, 4) is 0 Å². The molecule has 0 amide bonds. The number of hydrogen-bond acceptors (Lipinski definition) is 9. The quantitative estimate of drug-likeness (QED) is 0.169. The average Bonchev–Trinajstić information content (AvgIpc) is 3.72. The van der Waals surface area contributed by atoms with Crippen LogP contribution < -0.4 is 11.5 Å². The van der Waals surface area contributed by atoms with Gasteiger partial charge in [0.25, 0.3) is 0 Å². The first-order valence-electron chi connectivity index (χ1n) is 17.3. The van der Waals surface area contributed by atoms with Gasteiger partial charge in [0.05, 0.1) is 0 Å². The maximum Gasteiger partial charge on any atom is 0 e. The van der Waals surface area contributed by atoms with Crippen LogP contribution in [0.2, 0.25) is 0 Å². The maximum atomic E-state index is 14.6. The first-order chi connectivity index (χ1) is 23.6. The van der Waals surface area contributed by atoms with Crippen LogP contribution >= 0.6 is 11.6 Å². The molecule has 2 aliphatic heterocycles. The van der Waals surface area contributed by atoms with Crippen LogP contribution in [0.25, 0.3) is 22.1 Å². The third-order valence-corrected chi connectivity index (χ3v) is 15.4. The van der Waals surface area contributed by atoms with Crippen LogP contribution in [0.3, 0.4) is 0 Å². The molecule has 18 heteroatoms. The van der Waals surface area contributed by atoms with Crippen LogP contribution in [0.5, 0.6) is 0 Å². The van der Waals surface area contributed by atoms with E-state index in [0.29, 0.717) is 28.5 Å². The van der Waals surface area contributed by atoms with Gasteiger partial charge in [0.1, 0.15) is 0 Å². The summed E-state index contributed by atoms with van der Waals surface area (Å²) in [5, 5.41) is 1.22. The summed E-state index contributed by atoms with van der Waals surface area (Å²) < 4.78 is 44.2.